The zero-order chi connectivity index (χ0) is 29.7. The summed E-state index contributed by atoms with van der Waals surface area (Å²) in [4.78, 5) is 30.2. The summed E-state index contributed by atoms with van der Waals surface area (Å²) in [5.41, 5.74) is 4.50. The highest BCUT2D eigenvalue weighted by Gasteiger charge is 2.35. The topological polar surface area (TPSA) is 125 Å². The Morgan fingerprint density at radius 3 is 2.35 bits per heavy atom. The van der Waals surface area contributed by atoms with Crippen molar-refractivity contribution in [2.75, 3.05) is 36.4 Å². The van der Waals surface area contributed by atoms with Crippen molar-refractivity contribution in [2.24, 2.45) is 0 Å². The van der Waals surface area contributed by atoms with Gasteiger partial charge in [0, 0.05) is 56.0 Å². The lowest BCUT2D eigenvalue weighted by Crippen LogP contribution is -2.51. The Hall–Kier alpha value is -4.22. The summed E-state index contributed by atoms with van der Waals surface area (Å²) >= 11 is 0. The molecule has 0 atom stereocenters. The maximum absolute atomic E-state index is 13.9. The lowest BCUT2D eigenvalue weighted by molar-refractivity contribution is -0.117. The molecule has 2 aliphatic carbocycles. The fourth-order valence-corrected chi connectivity index (χ4v) is 7.77. The van der Waals surface area contributed by atoms with Crippen LogP contribution in [0, 0.1) is 0 Å². The summed E-state index contributed by atoms with van der Waals surface area (Å²) in [6.45, 7) is 4.76. The number of anilines is 3. The SMILES string of the molecule is CC(=O)NS(=O)(=O)c1ccc(Nc2cc(N3CCN(C4CCCCC4)CC3)c3noc4c3c2C(=O)c2ccccc2-4)cc1. The lowest BCUT2D eigenvalue weighted by atomic mass is 9.86. The fraction of sp³-hybridized carbons (Fsp3) is 0.344. The van der Waals surface area contributed by atoms with Crippen LogP contribution < -0.4 is 14.9 Å². The van der Waals surface area contributed by atoms with Gasteiger partial charge in [0.15, 0.2) is 11.5 Å². The third-order valence-corrected chi connectivity index (χ3v) is 10.3. The van der Waals surface area contributed by atoms with Gasteiger partial charge < -0.3 is 14.7 Å². The van der Waals surface area contributed by atoms with E-state index in [2.05, 4.69) is 20.3 Å². The molecule has 0 radical (unpaired) electrons. The Bertz CT molecular complexity index is 1840. The van der Waals surface area contributed by atoms with Crippen molar-refractivity contribution in [3.63, 3.8) is 0 Å². The Balaban J connectivity index is 1.27. The molecule has 1 aromatic heterocycles. The number of rotatable bonds is 6. The lowest BCUT2D eigenvalue weighted by Gasteiger charge is -2.41. The highest BCUT2D eigenvalue weighted by Crippen LogP contribution is 2.46. The summed E-state index contributed by atoms with van der Waals surface area (Å²) < 4.78 is 32.8. The number of benzene rings is 3. The summed E-state index contributed by atoms with van der Waals surface area (Å²) in [5, 5.41) is 8.57. The van der Waals surface area contributed by atoms with Crippen molar-refractivity contribution >= 4 is 49.7 Å². The van der Waals surface area contributed by atoms with Crippen LogP contribution in [-0.4, -0.2) is 62.4 Å². The maximum Gasteiger partial charge on any atom is 0.264 e. The van der Waals surface area contributed by atoms with Gasteiger partial charge in [-0.05, 0) is 43.2 Å². The summed E-state index contributed by atoms with van der Waals surface area (Å²) in [7, 11) is -3.97. The van der Waals surface area contributed by atoms with Crippen LogP contribution in [0.3, 0.4) is 0 Å². The molecule has 222 valence electrons. The number of amides is 1. The number of hydrogen-bond acceptors (Lipinski definition) is 9. The third-order valence-electron chi connectivity index (χ3n) is 8.85. The van der Waals surface area contributed by atoms with Crippen LogP contribution in [0.1, 0.15) is 54.9 Å². The van der Waals surface area contributed by atoms with Crippen LogP contribution in [0.5, 0.6) is 0 Å². The summed E-state index contributed by atoms with van der Waals surface area (Å²) in [5.74, 6) is -0.218. The van der Waals surface area contributed by atoms with Crippen LogP contribution in [0.25, 0.3) is 22.2 Å². The van der Waals surface area contributed by atoms with E-state index in [9.17, 15) is 18.0 Å². The number of carbonyl (C=O) groups is 2. The van der Waals surface area contributed by atoms with Gasteiger partial charge in [-0.1, -0.05) is 48.7 Å². The molecule has 0 bridgehead atoms. The highest BCUT2D eigenvalue weighted by molar-refractivity contribution is 7.90. The largest absolute Gasteiger partial charge is 0.367 e. The predicted octanol–water partition coefficient (Wildman–Crippen LogP) is 5.06. The van der Waals surface area contributed by atoms with Gasteiger partial charge in [0.05, 0.1) is 27.2 Å². The van der Waals surface area contributed by atoms with E-state index in [1.807, 2.05) is 29.0 Å². The molecule has 1 aliphatic heterocycles. The normalized spacial score (nSPS) is 17.6. The molecular formula is C32H33N5O5S. The van der Waals surface area contributed by atoms with Crippen molar-refractivity contribution < 1.29 is 22.5 Å². The number of fused-ring (bicyclic) bond motifs is 2. The van der Waals surface area contributed by atoms with Gasteiger partial charge in [0.25, 0.3) is 10.0 Å². The van der Waals surface area contributed by atoms with E-state index in [0.29, 0.717) is 45.2 Å². The Kier molecular flexibility index (Phi) is 6.94. The Morgan fingerprint density at radius 1 is 0.953 bits per heavy atom. The Morgan fingerprint density at radius 2 is 1.65 bits per heavy atom. The first-order chi connectivity index (χ1) is 20.8. The predicted molar refractivity (Wildman–Crippen MR) is 164 cm³/mol. The van der Waals surface area contributed by atoms with Gasteiger partial charge in [-0.15, -0.1) is 0 Å². The van der Waals surface area contributed by atoms with E-state index < -0.39 is 15.9 Å². The summed E-state index contributed by atoms with van der Waals surface area (Å²) in [6, 6.07) is 16.1. The summed E-state index contributed by atoms with van der Waals surface area (Å²) in [6.07, 6.45) is 6.48. The van der Waals surface area contributed by atoms with Crippen molar-refractivity contribution in [3.05, 3.63) is 65.7 Å². The molecule has 2 heterocycles. The number of sulfonamides is 1. The Labute approximate surface area is 250 Å². The first-order valence-corrected chi connectivity index (χ1v) is 16.3. The van der Waals surface area contributed by atoms with Gasteiger partial charge in [0.1, 0.15) is 5.52 Å². The van der Waals surface area contributed by atoms with E-state index in [-0.39, 0.29) is 10.7 Å². The standard InChI is InChI=1S/C32H33N5O5S/c1-20(38)35-43(40,41)23-13-11-21(12-14-23)33-26-19-27(37-17-15-36(16-18-37)22-7-3-2-4-8-22)30-29-28(26)31(39)24-9-5-6-10-25(24)32(29)42-34-30/h5-6,9-14,19,22,33H,2-4,7-8,15-18H2,1H3,(H,35,38). The van der Waals surface area contributed by atoms with Crippen molar-refractivity contribution in [1.29, 1.82) is 0 Å². The van der Waals surface area contributed by atoms with E-state index in [4.69, 9.17) is 4.52 Å². The van der Waals surface area contributed by atoms with Crippen molar-refractivity contribution in [3.8, 4) is 11.3 Å². The van der Waals surface area contributed by atoms with Crippen LogP contribution in [-0.2, 0) is 14.8 Å². The molecule has 43 heavy (non-hydrogen) atoms. The monoisotopic (exact) mass is 599 g/mol. The van der Waals surface area contributed by atoms with E-state index in [0.717, 1.165) is 44.4 Å². The third kappa shape index (κ3) is 4.96. The number of nitrogens with one attached hydrogen (secondary N) is 2. The molecule has 11 heteroatoms. The number of carbonyl (C=O) groups excluding carboxylic acids is 2. The number of aromatic nitrogens is 1. The average Bonchev–Trinajstić information content (AvgIpc) is 3.46. The highest BCUT2D eigenvalue weighted by atomic mass is 32.2. The van der Waals surface area contributed by atoms with Crippen LogP contribution in [0.4, 0.5) is 17.1 Å². The molecular weight excluding hydrogens is 566 g/mol. The quantitative estimate of drug-likeness (QED) is 0.275. The second-order valence-electron chi connectivity index (χ2n) is 11.6. The van der Waals surface area contributed by atoms with Crippen LogP contribution >= 0.6 is 0 Å². The van der Waals surface area contributed by atoms with Gasteiger partial charge in [-0.3, -0.25) is 14.5 Å². The second-order valence-corrected chi connectivity index (χ2v) is 13.2. The molecule has 3 aliphatic rings. The average molecular weight is 600 g/mol. The number of hydrogen-bond donors (Lipinski definition) is 2. The minimum absolute atomic E-state index is 0.0344. The minimum Gasteiger partial charge on any atom is -0.367 e. The maximum atomic E-state index is 13.9. The van der Waals surface area contributed by atoms with Gasteiger partial charge in [-0.25, -0.2) is 13.1 Å². The number of ketones is 1. The molecule has 1 saturated heterocycles. The molecule has 2 N–H and O–H groups in total. The van der Waals surface area contributed by atoms with E-state index >= 15 is 0 Å². The zero-order valence-corrected chi connectivity index (χ0v) is 24.7. The zero-order valence-electron chi connectivity index (χ0n) is 23.9. The van der Waals surface area contributed by atoms with Crippen LogP contribution in [0.15, 0.2) is 64.0 Å². The van der Waals surface area contributed by atoms with Crippen molar-refractivity contribution in [2.45, 2.75) is 50.0 Å². The van der Waals surface area contributed by atoms with E-state index in [1.54, 1.807) is 18.2 Å². The molecule has 3 aromatic carbocycles. The number of nitrogens with zero attached hydrogens (tertiary/aromatic N) is 3. The number of piperazine rings is 1. The van der Waals surface area contributed by atoms with Crippen LogP contribution in [0.2, 0.25) is 0 Å². The molecule has 7 rings (SSSR count). The van der Waals surface area contributed by atoms with Crippen molar-refractivity contribution in [1.82, 2.24) is 14.8 Å². The minimum atomic E-state index is -3.97. The molecule has 2 fully saturated rings. The molecule has 4 aromatic rings. The molecule has 1 amide bonds. The molecule has 0 unspecified atom stereocenters. The first-order valence-electron chi connectivity index (χ1n) is 14.8. The molecule has 10 nitrogen and oxygen atoms in total. The van der Waals surface area contributed by atoms with Gasteiger partial charge in [-0.2, -0.15) is 0 Å². The molecule has 0 spiro atoms. The smallest absolute Gasteiger partial charge is 0.264 e. The first kappa shape index (κ1) is 27.6. The van der Waals surface area contributed by atoms with Gasteiger partial charge >= 0.3 is 0 Å². The van der Waals surface area contributed by atoms with Gasteiger partial charge in [0.2, 0.25) is 5.91 Å². The fourth-order valence-electron chi connectivity index (χ4n) is 6.78. The van der Waals surface area contributed by atoms with E-state index in [1.165, 1.54) is 44.2 Å². The second kappa shape index (κ2) is 10.8. The molecule has 1 saturated carbocycles.